The van der Waals surface area contributed by atoms with Crippen LogP contribution in [0.2, 0.25) is 0 Å². The van der Waals surface area contributed by atoms with Crippen molar-refractivity contribution in [3.8, 4) is 5.69 Å². The maximum Gasteiger partial charge on any atom is 0.326 e. The van der Waals surface area contributed by atoms with Crippen LogP contribution in [0.15, 0.2) is 48.5 Å². The average molecular weight is 367 g/mol. The van der Waals surface area contributed by atoms with Gasteiger partial charge in [-0.05, 0) is 37.3 Å². The van der Waals surface area contributed by atoms with Crippen molar-refractivity contribution in [1.82, 2.24) is 14.9 Å². The predicted octanol–water partition coefficient (Wildman–Crippen LogP) is 2.55. The first-order valence-electron chi connectivity index (χ1n) is 8.58. The summed E-state index contributed by atoms with van der Waals surface area (Å²) in [5.74, 6) is -0.740. The number of nitrogens with one attached hydrogen (secondary N) is 1. The van der Waals surface area contributed by atoms with E-state index >= 15 is 0 Å². The molecule has 2 aromatic carbocycles. The van der Waals surface area contributed by atoms with Crippen molar-refractivity contribution < 1.29 is 19.4 Å². The fraction of sp³-hybridized carbons (Fsp3) is 0.250. The van der Waals surface area contributed by atoms with Gasteiger partial charge in [0, 0.05) is 31.4 Å². The highest BCUT2D eigenvalue weighted by Gasteiger charge is 2.21. The van der Waals surface area contributed by atoms with Crippen LogP contribution in [-0.2, 0) is 9.53 Å². The molecule has 7 nitrogen and oxygen atoms in total. The minimum absolute atomic E-state index is 0.196. The number of carbonyl (C=O) groups is 2. The second-order valence-electron chi connectivity index (χ2n) is 6.18. The first-order chi connectivity index (χ1) is 13.0. The van der Waals surface area contributed by atoms with E-state index in [0.717, 1.165) is 17.0 Å². The third kappa shape index (κ3) is 3.98. The SMILES string of the molecule is COCCC(NC(=O)c1ccc2c(c1)nc(C)n2-c1ccccc1)C(=O)O. The summed E-state index contributed by atoms with van der Waals surface area (Å²) in [4.78, 5) is 28.3. The van der Waals surface area contributed by atoms with Crippen molar-refractivity contribution in [3.05, 3.63) is 59.9 Å². The van der Waals surface area contributed by atoms with Gasteiger partial charge in [0.15, 0.2) is 0 Å². The molecule has 1 heterocycles. The summed E-state index contributed by atoms with van der Waals surface area (Å²) in [7, 11) is 1.49. The number of fused-ring (bicyclic) bond motifs is 1. The Kier molecular flexibility index (Phi) is 5.52. The van der Waals surface area contributed by atoms with Crippen molar-refractivity contribution in [2.75, 3.05) is 13.7 Å². The summed E-state index contributed by atoms with van der Waals surface area (Å²) in [6.45, 7) is 2.15. The molecule has 0 saturated carbocycles. The third-order valence-corrected chi connectivity index (χ3v) is 4.31. The summed E-state index contributed by atoms with van der Waals surface area (Å²) in [6.07, 6.45) is 0.196. The molecule has 27 heavy (non-hydrogen) atoms. The molecule has 0 fully saturated rings. The van der Waals surface area contributed by atoms with Crippen molar-refractivity contribution in [3.63, 3.8) is 0 Å². The zero-order valence-corrected chi connectivity index (χ0v) is 15.2. The average Bonchev–Trinajstić information content (AvgIpc) is 3.00. The Bertz CT molecular complexity index is 966. The number of aromatic nitrogens is 2. The van der Waals surface area contributed by atoms with E-state index < -0.39 is 17.9 Å². The molecule has 3 aromatic rings. The number of aryl methyl sites for hydroxylation is 1. The number of hydrogen-bond donors (Lipinski definition) is 2. The number of aliphatic carboxylic acids is 1. The Labute approximate surface area is 156 Å². The Hall–Kier alpha value is -3.19. The van der Waals surface area contributed by atoms with Crippen LogP contribution in [0.25, 0.3) is 16.7 Å². The maximum atomic E-state index is 12.5. The Balaban J connectivity index is 1.89. The highest BCUT2D eigenvalue weighted by atomic mass is 16.5. The molecule has 0 bridgehead atoms. The molecule has 1 aromatic heterocycles. The number of carbonyl (C=O) groups excluding carboxylic acids is 1. The summed E-state index contributed by atoms with van der Waals surface area (Å²) in [6, 6.07) is 14.0. The minimum atomic E-state index is -1.09. The first-order valence-corrected chi connectivity index (χ1v) is 8.58. The minimum Gasteiger partial charge on any atom is -0.480 e. The van der Waals surface area contributed by atoms with E-state index in [-0.39, 0.29) is 13.0 Å². The standard InChI is InChI=1S/C20H21N3O4/c1-13-21-17-12-14(19(24)22-16(20(25)26)10-11-27-2)8-9-18(17)23(13)15-6-4-3-5-7-15/h3-9,12,16H,10-11H2,1-2H3,(H,22,24)(H,25,26). The van der Waals surface area contributed by atoms with Gasteiger partial charge in [-0.1, -0.05) is 18.2 Å². The molecule has 0 spiro atoms. The van der Waals surface area contributed by atoms with E-state index in [1.165, 1.54) is 7.11 Å². The smallest absolute Gasteiger partial charge is 0.326 e. The molecule has 0 saturated heterocycles. The second-order valence-corrected chi connectivity index (χ2v) is 6.18. The topological polar surface area (TPSA) is 93.5 Å². The summed E-state index contributed by atoms with van der Waals surface area (Å²) in [5, 5.41) is 11.8. The van der Waals surface area contributed by atoms with Crippen molar-refractivity contribution in [2.24, 2.45) is 0 Å². The number of benzene rings is 2. The number of amides is 1. The molecule has 0 aliphatic heterocycles. The fourth-order valence-electron chi connectivity index (χ4n) is 2.98. The lowest BCUT2D eigenvalue weighted by atomic mass is 10.1. The van der Waals surface area contributed by atoms with Gasteiger partial charge in [0.2, 0.25) is 0 Å². The van der Waals surface area contributed by atoms with E-state index in [2.05, 4.69) is 10.3 Å². The Morgan fingerprint density at radius 2 is 1.96 bits per heavy atom. The normalized spacial score (nSPS) is 12.1. The highest BCUT2D eigenvalue weighted by molar-refractivity contribution is 5.99. The zero-order valence-electron chi connectivity index (χ0n) is 15.2. The number of nitrogens with zero attached hydrogens (tertiary/aromatic N) is 2. The van der Waals surface area contributed by atoms with Crippen molar-refractivity contribution in [1.29, 1.82) is 0 Å². The number of para-hydroxylation sites is 1. The molecule has 0 radical (unpaired) electrons. The van der Waals surface area contributed by atoms with Crippen LogP contribution in [0, 0.1) is 6.92 Å². The molecule has 0 aliphatic rings. The van der Waals surface area contributed by atoms with Crippen molar-refractivity contribution >= 4 is 22.9 Å². The van der Waals surface area contributed by atoms with Crippen LogP contribution < -0.4 is 5.32 Å². The van der Waals surface area contributed by atoms with Gasteiger partial charge in [-0.25, -0.2) is 9.78 Å². The maximum absolute atomic E-state index is 12.5. The van der Waals surface area contributed by atoms with E-state index in [4.69, 9.17) is 4.74 Å². The number of ether oxygens (including phenoxy) is 1. The monoisotopic (exact) mass is 367 g/mol. The largest absolute Gasteiger partial charge is 0.480 e. The third-order valence-electron chi connectivity index (χ3n) is 4.31. The van der Waals surface area contributed by atoms with Crippen LogP contribution in [-0.4, -0.2) is 46.3 Å². The van der Waals surface area contributed by atoms with Gasteiger partial charge < -0.3 is 15.2 Å². The summed E-state index contributed by atoms with van der Waals surface area (Å²) in [5.41, 5.74) is 2.90. The van der Waals surface area contributed by atoms with E-state index in [1.807, 2.05) is 47.9 Å². The van der Waals surface area contributed by atoms with Gasteiger partial charge in [0.25, 0.3) is 5.91 Å². The molecule has 140 valence electrons. The Morgan fingerprint density at radius 3 is 2.63 bits per heavy atom. The number of carboxylic acid groups (broad SMARTS) is 1. The van der Waals surface area contributed by atoms with Gasteiger partial charge >= 0.3 is 5.97 Å². The molecule has 1 amide bonds. The van der Waals surface area contributed by atoms with Gasteiger partial charge in [-0.3, -0.25) is 9.36 Å². The summed E-state index contributed by atoms with van der Waals surface area (Å²) >= 11 is 0. The zero-order chi connectivity index (χ0) is 19.4. The number of imidazole rings is 1. The molecule has 7 heteroatoms. The lowest BCUT2D eigenvalue weighted by molar-refractivity contribution is -0.139. The van der Waals surface area contributed by atoms with E-state index in [9.17, 15) is 14.7 Å². The van der Waals surface area contributed by atoms with Crippen LogP contribution in [0.5, 0.6) is 0 Å². The van der Waals surface area contributed by atoms with Crippen LogP contribution >= 0.6 is 0 Å². The van der Waals surface area contributed by atoms with Gasteiger partial charge in [0.05, 0.1) is 11.0 Å². The van der Waals surface area contributed by atoms with Gasteiger partial charge in [0.1, 0.15) is 11.9 Å². The molecule has 0 aliphatic carbocycles. The lowest BCUT2D eigenvalue weighted by Crippen LogP contribution is -2.41. The molecule has 3 rings (SSSR count). The van der Waals surface area contributed by atoms with E-state index in [0.29, 0.717) is 11.1 Å². The lowest BCUT2D eigenvalue weighted by Gasteiger charge is -2.14. The number of methoxy groups -OCH3 is 1. The number of hydrogen-bond acceptors (Lipinski definition) is 4. The van der Waals surface area contributed by atoms with E-state index in [1.54, 1.807) is 12.1 Å². The second kappa shape index (κ2) is 8.01. The highest BCUT2D eigenvalue weighted by Crippen LogP contribution is 2.22. The molecule has 1 unspecified atom stereocenters. The van der Waals surface area contributed by atoms with Gasteiger partial charge in [-0.2, -0.15) is 0 Å². The van der Waals surface area contributed by atoms with Crippen molar-refractivity contribution in [2.45, 2.75) is 19.4 Å². The Morgan fingerprint density at radius 1 is 1.22 bits per heavy atom. The van der Waals surface area contributed by atoms with Gasteiger partial charge in [-0.15, -0.1) is 0 Å². The first kappa shape index (κ1) is 18.6. The summed E-state index contributed by atoms with van der Waals surface area (Å²) < 4.78 is 6.91. The predicted molar refractivity (Wildman–Crippen MR) is 101 cm³/mol. The molecule has 2 N–H and O–H groups in total. The molecular weight excluding hydrogens is 346 g/mol. The van der Waals surface area contributed by atoms with Crippen LogP contribution in [0.4, 0.5) is 0 Å². The fourth-order valence-corrected chi connectivity index (χ4v) is 2.98. The molecular formula is C20H21N3O4. The molecule has 1 atom stereocenters. The van der Waals surface area contributed by atoms with Crippen LogP contribution in [0.1, 0.15) is 22.6 Å². The quantitative estimate of drug-likeness (QED) is 0.669. The number of carboxylic acids is 1. The number of rotatable bonds is 7. The van der Waals surface area contributed by atoms with Crippen LogP contribution in [0.3, 0.4) is 0 Å².